The van der Waals surface area contributed by atoms with Gasteiger partial charge in [0, 0.05) is 6.04 Å². The lowest BCUT2D eigenvalue weighted by Gasteiger charge is -2.19. The molecule has 0 aliphatic rings. The molecule has 2 unspecified atom stereocenters. The molecule has 0 aliphatic carbocycles. The fraction of sp³-hybridized carbons (Fsp3) is 0.429. The number of carbonyl (C=O) groups is 2. The number of benzene rings is 1. The minimum Gasteiger partial charge on any atom is -0.481 e. The first kappa shape index (κ1) is 15.0. The molecule has 1 rings (SSSR count). The van der Waals surface area contributed by atoms with Gasteiger partial charge in [0.1, 0.15) is 5.75 Å². The molecule has 0 aliphatic heterocycles. The number of aliphatic carboxylic acids is 1. The van der Waals surface area contributed by atoms with Gasteiger partial charge >= 0.3 is 5.97 Å². The summed E-state index contributed by atoms with van der Waals surface area (Å²) in [6, 6.07) is 8.65. The fourth-order valence-corrected chi connectivity index (χ4v) is 1.63. The standard InChI is InChI=1S/C14H19NO4/c1-3-12(19-11-7-5-4-6-8-11)14(18)15-10(2)9-13(16)17/h4-8,10,12H,3,9H2,1-2H3,(H,15,18)(H,16,17). The van der Waals surface area contributed by atoms with Crippen LogP contribution in [-0.4, -0.2) is 29.1 Å². The summed E-state index contributed by atoms with van der Waals surface area (Å²) in [6.07, 6.45) is -0.202. The fourth-order valence-electron chi connectivity index (χ4n) is 1.63. The second-order valence-corrected chi connectivity index (χ2v) is 4.34. The average molecular weight is 265 g/mol. The zero-order valence-electron chi connectivity index (χ0n) is 11.1. The van der Waals surface area contributed by atoms with Crippen molar-refractivity contribution in [2.24, 2.45) is 0 Å². The maximum atomic E-state index is 11.9. The van der Waals surface area contributed by atoms with Crippen LogP contribution in [0.1, 0.15) is 26.7 Å². The molecule has 2 atom stereocenters. The molecule has 0 fully saturated rings. The molecule has 2 N–H and O–H groups in total. The van der Waals surface area contributed by atoms with E-state index >= 15 is 0 Å². The maximum absolute atomic E-state index is 11.9. The Balaban J connectivity index is 2.54. The van der Waals surface area contributed by atoms with Gasteiger partial charge in [-0.25, -0.2) is 0 Å². The van der Waals surface area contributed by atoms with E-state index in [9.17, 15) is 9.59 Å². The Bertz CT molecular complexity index is 419. The quantitative estimate of drug-likeness (QED) is 0.788. The average Bonchev–Trinajstić information content (AvgIpc) is 2.35. The zero-order chi connectivity index (χ0) is 14.3. The number of nitrogens with one attached hydrogen (secondary N) is 1. The molecule has 0 spiro atoms. The monoisotopic (exact) mass is 265 g/mol. The first-order chi connectivity index (χ1) is 9.02. The Hall–Kier alpha value is -2.04. The highest BCUT2D eigenvalue weighted by atomic mass is 16.5. The number of carboxylic acids is 1. The molecule has 0 heterocycles. The van der Waals surface area contributed by atoms with Gasteiger partial charge in [-0.05, 0) is 25.5 Å². The number of carboxylic acid groups (broad SMARTS) is 1. The SMILES string of the molecule is CCC(Oc1ccccc1)C(=O)NC(C)CC(=O)O. The third kappa shape index (κ3) is 5.42. The third-order valence-electron chi connectivity index (χ3n) is 2.55. The first-order valence-corrected chi connectivity index (χ1v) is 6.26. The summed E-state index contributed by atoms with van der Waals surface area (Å²) in [6.45, 7) is 3.50. The molecule has 5 nitrogen and oxygen atoms in total. The highest BCUT2D eigenvalue weighted by molar-refractivity contribution is 5.82. The Kier molecular flexibility index (Phi) is 5.85. The van der Waals surface area contributed by atoms with Crippen LogP contribution in [0.3, 0.4) is 0 Å². The molecule has 1 amide bonds. The van der Waals surface area contributed by atoms with Crippen molar-refractivity contribution in [1.29, 1.82) is 0 Å². The molecule has 0 radical (unpaired) electrons. The van der Waals surface area contributed by atoms with Crippen LogP contribution in [-0.2, 0) is 9.59 Å². The summed E-state index contributed by atoms with van der Waals surface area (Å²) in [7, 11) is 0. The second kappa shape index (κ2) is 7.41. The van der Waals surface area contributed by atoms with Crippen LogP contribution in [0.4, 0.5) is 0 Å². The van der Waals surface area contributed by atoms with E-state index in [1.807, 2.05) is 25.1 Å². The topological polar surface area (TPSA) is 75.6 Å². The van der Waals surface area contributed by atoms with Crippen molar-refractivity contribution in [1.82, 2.24) is 5.32 Å². The summed E-state index contributed by atoms with van der Waals surface area (Å²) < 4.78 is 5.57. The highest BCUT2D eigenvalue weighted by Gasteiger charge is 2.20. The number of para-hydroxylation sites is 1. The Morgan fingerprint density at radius 2 is 1.95 bits per heavy atom. The van der Waals surface area contributed by atoms with E-state index in [1.165, 1.54) is 0 Å². The lowest BCUT2D eigenvalue weighted by atomic mass is 10.2. The molecular weight excluding hydrogens is 246 g/mol. The van der Waals surface area contributed by atoms with Gasteiger partial charge in [0.2, 0.25) is 0 Å². The molecule has 1 aromatic rings. The molecule has 1 aromatic carbocycles. The maximum Gasteiger partial charge on any atom is 0.305 e. The molecule has 104 valence electrons. The van der Waals surface area contributed by atoms with Gasteiger partial charge in [-0.15, -0.1) is 0 Å². The summed E-state index contributed by atoms with van der Waals surface area (Å²) in [5.41, 5.74) is 0. The predicted octanol–water partition coefficient (Wildman–Crippen LogP) is 1.82. The molecule has 0 saturated heterocycles. The van der Waals surface area contributed by atoms with Gasteiger partial charge in [0.15, 0.2) is 6.10 Å². The van der Waals surface area contributed by atoms with Crippen LogP contribution in [0.2, 0.25) is 0 Å². The Labute approximate surface area is 112 Å². The zero-order valence-corrected chi connectivity index (χ0v) is 11.1. The van der Waals surface area contributed by atoms with Crippen molar-refractivity contribution in [3.05, 3.63) is 30.3 Å². The smallest absolute Gasteiger partial charge is 0.305 e. The van der Waals surface area contributed by atoms with Crippen LogP contribution in [0.25, 0.3) is 0 Å². The van der Waals surface area contributed by atoms with Gasteiger partial charge < -0.3 is 15.2 Å². The van der Waals surface area contributed by atoms with E-state index in [1.54, 1.807) is 19.1 Å². The van der Waals surface area contributed by atoms with E-state index in [0.717, 1.165) is 0 Å². The summed E-state index contributed by atoms with van der Waals surface area (Å²) in [5.74, 6) is -0.611. The number of hydrogen-bond donors (Lipinski definition) is 2. The lowest BCUT2D eigenvalue weighted by Crippen LogP contribution is -2.43. The lowest BCUT2D eigenvalue weighted by molar-refractivity contribution is -0.137. The van der Waals surface area contributed by atoms with Crippen LogP contribution in [0.5, 0.6) is 5.75 Å². The van der Waals surface area contributed by atoms with Gasteiger partial charge in [0.25, 0.3) is 5.91 Å². The van der Waals surface area contributed by atoms with Crippen molar-refractivity contribution in [2.75, 3.05) is 0 Å². The number of amides is 1. The van der Waals surface area contributed by atoms with Gasteiger partial charge in [-0.3, -0.25) is 9.59 Å². The number of carbonyl (C=O) groups excluding carboxylic acids is 1. The largest absolute Gasteiger partial charge is 0.481 e. The molecule has 19 heavy (non-hydrogen) atoms. The van der Waals surface area contributed by atoms with E-state index in [-0.39, 0.29) is 12.3 Å². The van der Waals surface area contributed by atoms with Crippen LogP contribution < -0.4 is 10.1 Å². The number of ether oxygens (including phenoxy) is 1. The van der Waals surface area contributed by atoms with E-state index in [4.69, 9.17) is 9.84 Å². The molecular formula is C14H19NO4. The van der Waals surface area contributed by atoms with Crippen LogP contribution in [0.15, 0.2) is 30.3 Å². The number of hydrogen-bond acceptors (Lipinski definition) is 3. The molecule has 5 heteroatoms. The summed E-state index contributed by atoms with van der Waals surface area (Å²) in [5, 5.41) is 11.3. The first-order valence-electron chi connectivity index (χ1n) is 6.26. The van der Waals surface area contributed by atoms with Gasteiger partial charge in [-0.1, -0.05) is 25.1 Å². The molecule has 0 bridgehead atoms. The molecule has 0 aromatic heterocycles. The van der Waals surface area contributed by atoms with E-state index in [2.05, 4.69) is 5.32 Å². The summed E-state index contributed by atoms with van der Waals surface area (Å²) in [4.78, 5) is 22.5. The molecule has 0 saturated carbocycles. The van der Waals surface area contributed by atoms with Gasteiger partial charge in [-0.2, -0.15) is 0 Å². The third-order valence-corrected chi connectivity index (χ3v) is 2.55. The van der Waals surface area contributed by atoms with E-state index in [0.29, 0.717) is 12.2 Å². The van der Waals surface area contributed by atoms with E-state index < -0.39 is 18.1 Å². The van der Waals surface area contributed by atoms with Crippen molar-refractivity contribution in [2.45, 2.75) is 38.8 Å². The van der Waals surface area contributed by atoms with Crippen molar-refractivity contribution < 1.29 is 19.4 Å². The van der Waals surface area contributed by atoms with Crippen LogP contribution in [0, 0.1) is 0 Å². The predicted molar refractivity (Wildman–Crippen MR) is 71.0 cm³/mol. The second-order valence-electron chi connectivity index (χ2n) is 4.34. The van der Waals surface area contributed by atoms with Crippen molar-refractivity contribution in [3.8, 4) is 5.75 Å². The highest BCUT2D eigenvalue weighted by Crippen LogP contribution is 2.12. The minimum absolute atomic E-state index is 0.104. The Morgan fingerprint density at radius 3 is 2.47 bits per heavy atom. The van der Waals surface area contributed by atoms with Crippen molar-refractivity contribution in [3.63, 3.8) is 0 Å². The normalized spacial score (nSPS) is 13.4. The minimum atomic E-state index is -0.940. The Morgan fingerprint density at radius 1 is 1.32 bits per heavy atom. The van der Waals surface area contributed by atoms with Gasteiger partial charge in [0.05, 0.1) is 6.42 Å². The van der Waals surface area contributed by atoms with Crippen molar-refractivity contribution >= 4 is 11.9 Å². The summed E-state index contributed by atoms with van der Waals surface area (Å²) >= 11 is 0. The van der Waals surface area contributed by atoms with Crippen LogP contribution >= 0.6 is 0 Å². The number of rotatable bonds is 7.